The summed E-state index contributed by atoms with van der Waals surface area (Å²) in [5, 5.41) is 26.2. The number of hydrogen-bond acceptors (Lipinski definition) is 5. The summed E-state index contributed by atoms with van der Waals surface area (Å²) in [6.45, 7) is 1.90. The Balaban J connectivity index is 1.34. The molecule has 0 aromatic heterocycles. The molecule has 2 aromatic rings. The van der Waals surface area contributed by atoms with Crippen LogP contribution in [0.4, 0.5) is 5.69 Å². The molecule has 7 rings (SSSR count). The largest absolute Gasteiger partial charge is 0.504 e. The number of phenols is 1. The Morgan fingerprint density at radius 2 is 2.00 bits per heavy atom. The van der Waals surface area contributed by atoms with E-state index in [1.54, 1.807) is 6.07 Å². The van der Waals surface area contributed by atoms with E-state index < -0.39 is 17.1 Å². The maximum absolute atomic E-state index is 13.3. The molecule has 1 amide bonds. The maximum atomic E-state index is 13.3. The normalized spacial score (nSPS) is 33.7. The van der Waals surface area contributed by atoms with Crippen molar-refractivity contribution < 1.29 is 19.7 Å². The minimum Gasteiger partial charge on any atom is -0.504 e. The van der Waals surface area contributed by atoms with E-state index in [1.807, 2.05) is 42.5 Å². The molecule has 0 unspecified atom stereocenters. The maximum Gasteiger partial charge on any atom is 0.251 e. The fourth-order valence-electron chi connectivity index (χ4n) is 7.01. The summed E-state index contributed by atoms with van der Waals surface area (Å²) in [4.78, 5) is 15.8. The molecule has 1 saturated heterocycles. The smallest absolute Gasteiger partial charge is 0.251 e. The first kappa shape index (κ1) is 19.6. The molecule has 170 valence electrons. The number of aromatic hydroxyl groups is 1. The fourth-order valence-corrected chi connectivity index (χ4v) is 7.01. The Hall–Kier alpha value is -2.83. The van der Waals surface area contributed by atoms with Gasteiger partial charge < -0.3 is 20.3 Å². The van der Waals surface area contributed by atoms with Crippen molar-refractivity contribution in [2.24, 2.45) is 5.92 Å². The van der Waals surface area contributed by atoms with E-state index in [0.717, 1.165) is 42.2 Å². The summed E-state index contributed by atoms with van der Waals surface area (Å²) in [7, 11) is 0. The fraction of sp³-hybridized carbons (Fsp3) is 0.444. The quantitative estimate of drug-likeness (QED) is 0.675. The highest BCUT2D eigenvalue weighted by molar-refractivity contribution is 6.04. The second-order valence-electron chi connectivity index (χ2n) is 10.5. The van der Waals surface area contributed by atoms with E-state index in [4.69, 9.17) is 4.74 Å². The molecular weight excluding hydrogens is 416 g/mol. The minimum absolute atomic E-state index is 0.0748. The zero-order valence-corrected chi connectivity index (χ0v) is 18.5. The number of phenolic OH excluding ortho intramolecular Hbond substituents is 1. The molecule has 0 radical (unpaired) electrons. The number of amides is 1. The zero-order valence-electron chi connectivity index (χ0n) is 18.5. The van der Waals surface area contributed by atoms with Gasteiger partial charge in [0.05, 0.1) is 11.0 Å². The summed E-state index contributed by atoms with van der Waals surface area (Å²) in [5.41, 5.74) is 1.65. The van der Waals surface area contributed by atoms with E-state index in [2.05, 4.69) is 10.2 Å². The van der Waals surface area contributed by atoms with Gasteiger partial charge in [-0.2, -0.15) is 0 Å². The summed E-state index contributed by atoms with van der Waals surface area (Å²) in [5.74, 6) is 1.12. The van der Waals surface area contributed by atoms with E-state index >= 15 is 0 Å². The van der Waals surface area contributed by atoms with Gasteiger partial charge >= 0.3 is 0 Å². The molecule has 2 fully saturated rings. The third-order valence-corrected chi connectivity index (χ3v) is 8.70. The molecule has 3 N–H and O–H groups in total. The van der Waals surface area contributed by atoms with Crippen LogP contribution in [-0.4, -0.2) is 51.9 Å². The SMILES string of the molecule is O=C(Nc1ccccc1)C1=C[C@@H]2Oc3c(O)ccc4c3[C@@]23CCN(CC2CC2)[C@H](C4)[C@]3(O)C1. The molecule has 3 aliphatic carbocycles. The van der Waals surface area contributed by atoms with E-state index in [9.17, 15) is 15.0 Å². The molecule has 2 heterocycles. The molecule has 2 aliphatic heterocycles. The molecule has 33 heavy (non-hydrogen) atoms. The summed E-state index contributed by atoms with van der Waals surface area (Å²) >= 11 is 0. The van der Waals surface area contributed by atoms with Crippen molar-refractivity contribution in [3.8, 4) is 11.5 Å². The van der Waals surface area contributed by atoms with Gasteiger partial charge in [0.2, 0.25) is 0 Å². The lowest BCUT2D eigenvalue weighted by molar-refractivity contribution is -0.165. The number of anilines is 1. The summed E-state index contributed by atoms with van der Waals surface area (Å²) in [6.07, 6.45) is 5.69. The second-order valence-corrected chi connectivity index (χ2v) is 10.5. The first-order valence-electron chi connectivity index (χ1n) is 12.0. The minimum atomic E-state index is -1.13. The van der Waals surface area contributed by atoms with Crippen molar-refractivity contribution >= 4 is 11.6 Å². The van der Waals surface area contributed by atoms with Crippen LogP contribution in [0.1, 0.15) is 36.8 Å². The van der Waals surface area contributed by atoms with Gasteiger partial charge in [0.15, 0.2) is 11.5 Å². The van der Waals surface area contributed by atoms with Crippen LogP contribution >= 0.6 is 0 Å². The van der Waals surface area contributed by atoms with Gasteiger partial charge in [-0.05, 0) is 68.0 Å². The van der Waals surface area contributed by atoms with Crippen molar-refractivity contribution in [1.82, 2.24) is 4.90 Å². The predicted octanol–water partition coefficient (Wildman–Crippen LogP) is 3.13. The molecule has 2 aromatic carbocycles. The third kappa shape index (κ3) is 2.59. The number of piperidine rings is 1. The Morgan fingerprint density at radius 1 is 1.18 bits per heavy atom. The van der Waals surface area contributed by atoms with Gasteiger partial charge in [0.1, 0.15) is 6.10 Å². The molecular formula is C27H28N2O4. The molecule has 6 nitrogen and oxygen atoms in total. The van der Waals surface area contributed by atoms with E-state index in [1.165, 1.54) is 12.8 Å². The lowest BCUT2D eigenvalue weighted by Gasteiger charge is -2.62. The molecule has 2 bridgehead atoms. The number of para-hydroxylation sites is 1. The summed E-state index contributed by atoms with van der Waals surface area (Å²) < 4.78 is 6.35. The molecule has 1 saturated carbocycles. The average molecular weight is 445 g/mol. The lowest BCUT2D eigenvalue weighted by Crippen LogP contribution is -2.75. The van der Waals surface area contributed by atoms with Crippen molar-refractivity contribution in [3.63, 3.8) is 0 Å². The highest BCUT2D eigenvalue weighted by atomic mass is 16.5. The Labute approximate surface area is 192 Å². The number of rotatable bonds is 4. The topological polar surface area (TPSA) is 82.0 Å². The van der Waals surface area contributed by atoms with Crippen molar-refractivity contribution in [3.05, 3.63) is 65.2 Å². The number of hydrogen-bond donors (Lipinski definition) is 3. The second kappa shape index (κ2) is 6.61. The Kier molecular flexibility index (Phi) is 3.93. The number of carbonyl (C=O) groups excluding carboxylic acids is 1. The lowest BCUT2D eigenvalue weighted by atomic mass is 9.49. The molecule has 1 spiro atoms. The number of aliphatic hydroxyl groups is 1. The number of benzene rings is 2. The van der Waals surface area contributed by atoms with Gasteiger partial charge in [0.25, 0.3) is 5.91 Å². The van der Waals surface area contributed by atoms with Crippen LogP contribution in [0.25, 0.3) is 0 Å². The van der Waals surface area contributed by atoms with Crippen LogP contribution in [0.3, 0.4) is 0 Å². The number of likely N-dealkylation sites (tertiary alicyclic amines) is 1. The highest BCUT2D eigenvalue weighted by Gasteiger charge is 2.71. The van der Waals surface area contributed by atoms with E-state index in [0.29, 0.717) is 17.7 Å². The van der Waals surface area contributed by atoms with Gasteiger partial charge in [-0.3, -0.25) is 9.69 Å². The molecule has 4 atom stereocenters. The van der Waals surface area contributed by atoms with Gasteiger partial charge in [0, 0.05) is 35.8 Å². The monoisotopic (exact) mass is 444 g/mol. The number of carbonyl (C=O) groups is 1. The Bertz CT molecular complexity index is 1190. The van der Waals surface area contributed by atoms with Crippen molar-refractivity contribution in [2.45, 2.75) is 55.3 Å². The zero-order chi connectivity index (χ0) is 22.4. The number of nitrogens with zero attached hydrogens (tertiary/aromatic N) is 1. The van der Waals surface area contributed by atoms with Crippen LogP contribution in [0.2, 0.25) is 0 Å². The Morgan fingerprint density at radius 3 is 2.79 bits per heavy atom. The molecule has 5 aliphatic rings. The van der Waals surface area contributed by atoms with E-state index in [-0.39, 0.29) is 24.1 Å². The highest BCUT2D eigenvalue weighted by Crippen LogP contribution is 2.65. The first-order valence-corrected chi connectivity index (χ1v) is 12.0. The van der Waals surface area contributed by atoms with Crippen LogP contribution in [0.5, 0.6) is 11.5 Å². The number of nitrogens with one attached hydrogen (secondary N) is 1. The van der Waals surface area contributed by atoms with Crippen LogP contribution < -0.4 is 10.1 Å². The van der Waals surface area contributed by atoms with Gasteiger partial charge in [-0.1, -0.05) is 24.3 Å². The van der Waals surface area contributed by atoms with Gasteiger partial charge in [-0.15, -0.1) is 0 Å². The summed E-state index contributed by atoms with van der Waals surface area (Å²) in [6, 6.07) is 13.0. The van der Waals surface area contributed by atoms with Gasteiger partial charge in [-0.25, -0.2) is 0 Å². The van der Waals surface area contributed by atoms with Crippen molar-refractivity contribution in [1.29, 1.82) is 0 Å². The van der Waals surface area contributed by atoms with Crippen LogP contribution in [-0.2, 0) is 16.6 Å². The van der Waals surface area contributed by atoms with Crippen LogP contribution in [0.15, 0.2) is 54.1 Å². The number of ether oxygens (including phenoxy) is 1. The first-order chi connectivity index (χ1) is 16.0. The molecule has 6 heteroatoms. The standard InChI is InChI=1S/C27H28N2O4/c30-20-9-8-17-12-21-27(32)14-18(25(31)28-19-4-2-1-3-5-19)13-22-26(27,23(17)24(20)33-22)10-11-29(21)15-16-6-7-16/h1-5,8-9,13,16,21-22,30,32H,6-7,10-12,14-15H2,(H,28,31)/t21-,22+,26-,27-/m1/s1. The predicted molar refractivity (Wildman–Crippen MR) is 123 cm³/mol. The average Bonchev–Trinajstić information content (AvgIpc) is 3.55. The third-order valence-electron chi connectivity index (χ3n) is 8.70. The van der Waals surface area contributed by atoms with Crippen molar-refractivity contribution in [2.75, 3.05) is 18.4 Å². The van der Waals surface area contributed by atoms with Crippen LogP contribution in [0, 0.1) is 5.92 Å².